The summed E-state index contributed by atoms with van der Waals surface area (Å²) in [6.07, 6.45) is 3.94. The molecule has 150 valence electrons. The standard InChI is InChI=1S/C20H27N5O2S/c1-2-27-19(26)17-14-8-10-20(11-9-16(21)24-25-23,12-15(14)28-18(17)22)13-6-4-3-5-7-13/h3-7,25H,2,8-12,22-23H2,1H3,(H2,21,24). The van der Waals surface area contributed by atoms with Gasteiger partial charge in [0.1, 0.15) is 10.8 Å². The number of hydrogen-bond acceptors (Lipinski definition) is 7. The number of esters is 1. The van der Waals surface area contributed by atoms with Crippen LogP contribution < -0.4 is 22.8 Å². The third-order valence-electron chi connectivity index (χ3n) is 5.40. The maximum Gasteiger partial charge on any atom is 0.341 e. The Bertz CT molecular complexity index is 865. The molecule has 1 atom stereocenters. The van der Waals surface area contributed by atoms with Crippen molar-refractivity contribution in [2.24, 2.45) is 16.7 Å². The topological polar surface area (TPSA) is 129 Å². The molecule has 0 saturated heterocycles. The summed E-state index contributed by atoms with van der Waals surface area (Å²) in [7, 11) is 0. The Morgan fingerprint density at radius 3 is 2.79 bits per heavy atom. The van der Waals surface area contributed by atoms with Crippen LogP contribution in [0.3, 0.4) is 0 Å². The van der Waals surface area contributed by atoms with Crippen molar-refractivity contribution in [3.05, 3.63) is 51.9 Å². The maximum atomic E-state index is 12.4. The summed E-state index contributed by atoms with van der Waals surface area (Å²) in [6.45, 7) is 2.14. The van der Waals surface area contributed by atoms with Crippen LogP contribution in [0, 0.1) is 0 Å². The van der Waals surface area contributed by atoms with E-state index in [1.807, 2.05) is 6.07 Å². The molecule has 0 amide bonds. The van der Waals surface area contributed by atoms with Crippen LogP contribution in [-0.4, -0.2) is 18.4 Å². The highest BCUT2D eigenvalue weighted by Crippen LogP contribution is 2.47. The average molecular weight is 402 g/mol. The molecule has 28 heavy (non-hydrogen) atoms. The molecule has 0 fully saturated rings. The van der Waals surface area contributed by atoms with Gasteiger partial charge in [0, 0.05) is 16.7 Å². The van der Waals surface area contributed by atoms with Crippen molar-refractivity contribution >= 4 is 28.1 Å². The summed E-state index contributed by atoms with van der Waals surface area (Å²) in [5, 5.41) is 4.43. The van der Waals surface area contributed by atoms with E-state index >= 15 is 0 Å². The van der Waals surface area contributed by atoms with Crippen molar-refractivity contribution in [3.8, 4) is 0 Å². The van der Waals surface area contributed by atoms with Crippen LogP contribution in [-0.2, 0) is 23.0 Å². The molecule has 3 rings (SSSR count). The van der Waals surface area contributed by atoms with Crippen LogP contribution in [0.1, 0.15) is 52.5 Å². The van der Waals surface area contributed by atoms with Gasteiger partial charge in [-0.25, -0.2) is 16.2 Å². The van der Waals surface area contributed by atoms with E-state index in [4.69, 9.17) is 22.0 Å². The highest BCUT2D eigenvalue weighted by molar-refractivity contribution is 7.16. The minimum atomic E-state index is -0.324. The lowest BCUT2D eigenvalue weighted by molar-refractivity contribution is 0.0526. The number of anilines is 1. The summed E-state index contributed by atoms with van der Waals surface area (Å²) >= 11 is 1.50. The van der Waals surface area contributed by atoms with Gasteiger partial charge in [-0.2, -0.15) is 5.10 Å². The fourth-order valence-electron chi connectivity index (χ4n) is 4.03. The fraction of sp³-hybridized carbons (Fsp3) is 0.400. The van der Waals surface area contributed by atoms with Crippen molar-refractivity contribution < 1.29 is 9.53 Å². The molecular weight excluding hydrogens is 374 g/mol. The molecule has 1 aromatic heterocycles. The third kappa shape index (κ3) is 3.98. The van der Waals surface area contributed by atoms with Gasteiger partial charge in [0.15, 0.2) is 0 Å². The van der Waals surface area contributed by atoms with E-state index in [1.165, 1.54) is 16.9 Å². The molecule has 0 aliphatic heterocycles. The molecule has 1 unspecified atom stereocenters. The molecule has 1 aliphatic carbocycles. The zero-order chi connectivity index (χ0) is 20.1. The van der Waals surface area contributed by atoms with Crippen LogP contribution in [0.2, 0.25) is 0 Å². The molecule has 1 heterocycles. The van der Waals surface area contributed by atoms with Crippen molar-refractivity contribution in [2.75, 3.05) is 12.3 Å². The molecule has 0 saturated carbocycles. The minimum absolute atomic E-state index is 0.0910. The number of benzene rings is 1. The van der Waals surface area contributed by atoms with E-state index in [1.54, 1.807) is 6.92 Å². The fourth-order valence-corrected chi connectivity index (χ4v) is 5.28. The van der Waals surface area contributed by atoms with Crippen LogP contribution in [0.25, 0.3) is 0 Å². The SMILES string of the molecule is CCOC(=O)c1c(N)sc2c1CCC(CC/C(N)=N/NN)(c1ccccc1)C2. The Labute approximate surface area is 168 Å². The number of hydrazone groups is 1. The monoisotopic (exact) mass is 401 g/mol. The Kier molecular flexibility index (Phi) is 6.21. The summed E-state index contributed by atoms with van der Waals surface area (Å²) in [6, 6.07) is 10.4. The second kappa shape index (κ2) is 8.62. The zero-order valence-electron chi connectivity index (χ0n) is 16.0. The summed E-state index contributed by atoms with van der Waals surface area (Å²) < 4.78 is 5.21. The largest absolute Gasteiger partial charge is 0.462 e. The van der Waals surface area contributed by atoms with Gasteiger partial charge in [-0.3, -0.25) is 0 Å². The van der Waals surface area contributed by atoms with Crippen LogP contribution in [0.15, 0.2) is 35.4 Å². The van der Waals surface area contributed by atoms with Crippen LogP contribution in [0.5, 0.6) is 0 Å². The number of nitrogen functional groups attached to an aromatic ring is 1. The first-order valence-corrected chi connectivity index (χ1v) is 10.2. The van der Waals surface area contributed by atoms with Crippen LogP contribution in [0.4, 0.5) is 5.00 Å². The van der Waals surface area contributed by atoms with Crippen molar-refractivity contribution in [1.82, 2.24) is 5.53 Å². The Morgan fingerprint density at radius 1 is 1.36 bits per heavy atom. The quantitative estimate of drug-likeness (QED) is 0.185. The van der Waals surface area contributed by atoms with Gasteiger partial charge < -0.3 is 16.2 Å². The number of amidine groups is 1. The molecular formula is C20H27N5O2S. The van der Waals surface area contributed by atoms with Gasteiger partial charge in [-0.15, -0.1) is 11.3 Å². The van der Waals surface area contributed by atoms with E-state index in [0.717, 1.165) is 36.1 Å². The lowest BCUT2D eigenvalue weighted by Crippen LogP contribution is -2.35. The van der Waals surface area contributed by atoms with E-state index in [2.05, 4.69) is 34.9 Å². The van der Waals surface area contributed by atoms with Gasteiger partial charge in [0.2, 0.25) is 0 Å². The van der Waals surface area contributed by atoms with E-state index in [0.29, 0.717) is 29.4 Å². The van der Waals surface area contributed by atoms with E-state index in [9.17, 15) is 4.79 Å². The summed E-state index contributed by atoms with van der Waals surface area (Å²) in [4.78, 5) is 13.5. The van der Waals surface area contributed by atoms with Crippen LogP contribution >= 0.6 is 11.3 Å². The van der Waals surface area contributed by atoms with E-state index in [-0.39, 0.29) is 11.4 Å². The molecule has 1 aliphatic rings. The maximum absolute atomic E-state index is 12.4. The average Bonchev–Trinajstić information content (AvgIpc) is 3.02. The third-order valence-corrected chi connectivity index (χ3v) is 6.47. The van der Waals surface area contributed by atoms with E-state index < -0.39 is 0 Å². The van der Waals surface area contributed by atoms with Gasteiger partial charge in [0.05, 0.1) is 12.2 Å². The first-order valence-electron chi connectivity index (χ1n) is 9.41. The molecule has 7 N–H and O–H groups in total. The number of nitrogens with zero attached hydrogens (tertiary/aromatic N) is 1. The van der Waals surface area contributed by atoms with Gasteiger partial charge in [-0.05, 0) is 43.7 Å². The first-order chi connectivity index (χ1) is 13.5. The van der Waals surface area contributed by atoms with Crippen molar-refractivity contribution in [1.29, 1.82) is 0 Å². The number of nitrogens with one attached hydrogen (secondary N) is 1. The lowest BCUT2D eigenvalue weighted by atomic mass is 9.66. The van der Waals surface area contributed by atoms with Gasteiger partial charge in [-0.1, -0.05) is 30.3 Å². The number of hydrogen-bond donors (Lipinski definition) is 4. The van der Waals surface area contributed by atoms with Gasteiger partial charge in [0.25, 0.3) is 0 Å². The molecule has 7 nitrogen and oxygen atoms in total. The normalized spacial score (nSPS) is 19.1. The first kappa shape index (κ1) is 20.2. The lowest BCUT2D eigenvalue weighted by Gasteiger charge is -2.38. The summed E-state index contributed by atoms with van der Waals surface area (Å²) in [5.41, 5.74) is 17.2. The predicted octanol–water partition coefficient (Wildman–Crippen LogP) is 2.45. The summed E-state index contributed by atoms with van der Waals surface area (Å²) in [5.74, 6) is 5.39. The second-order valence-electron chi connectivity index (χ2n) is 7.02. The number of thiophene rings is 1. The number of carbonyl (C=O) groups is 1. The zero-order valence-corrected chi connectivity index (χ0v) is 16.8. The molecule has 0 bridgehead atoms. The minimum Gasteiger partial charge on any atom is -0.462 e. The Hall–Kier alpha value is -2.58. The number of rotatable bonds is 7. The Balaban J connectivity index is 1.95. The number of fused-ring (bicyclic) bond motifs is 1. The molecule has 0 spiro atoms. The number of hydrazine groups is 1. The number of nitrogens with two attached hydrogens (primary N) is 3. The smallest absolute Gasteiger partial charge is 0.341 e. The Morgan fingerprint density at radius 2 is 2.11 bits per heavy atom. The molecule has 8 heteroatoms. The van der Waals surface area contributed by atoms with Gasteiger partial charge >= 0.3 is 5.97 Å². The molecule has 2 aromatic rings. The second-order valence-corrected chi connectivity index (χ2v) is 8.16. The number of carbonyl (C=O) groups excluding carboxylic acids is 1. The highest BCUT2D eigenvalue weighted by Gasteiger charge is 2.39. The highest BCUT2D eigenvalue weighted by atomic mass is 32.1. The molecule has 0 radical (unpaired) electrons. The van der Waals surface area contributed by atoms with Crippen molar-refractivity contribution in [3.63, 3.8) is 0 Å². The predicted molar refractivity (Wildman–Crippen MR) is 113 cm³/mol. The van der Waals surface area contributed by atoms with Crippen molar-refractivity contribution in [2.45, 2.75) is 44.4 Å². The molecule has 1 aromatic carbocycles. The number of ether oxygens (including phenoxy) is 1.